The summed E-state index contributed by atoms with van der Waals surface area (Å²) in [6, 6.07) is -0.428. The fraction of sp³-hybridized carbons (Fsp3) is 0.778. The van der Waals surface area contributed by atoms with Crippen LogP contribution in [0.3, 0.4) is 0 Å². The summed E-state index contributed by atoms with van der Waals surface area (Å²) in [5.74, 6) is -3.20. The van der Waals surface area contributed by atoms with Gasteiger partial charge in [0.15, 0.2) is 18.4 Å². The first kappa shape index (κ1) is 58.0. The van der Waals surface area contributed by atoms with E-state index in [0.717, 1.165) is 44.5 Å². The average Bonchev–Trinajstić information content (AvgIpc) is 3.47. The van der Waals surface area contributed by atoms with Gasteiger partial charge in [-0.05, 0) is 39.3 Å². The number of hydrogen-bond donors (Lipinski definition) is 6. The predicted octanol–water partition coefficient (Wildman–Crippen LogP) is 0.518. The summed E-state index contributed by atoms with van der Waals surface area (Å²) in [7, 11) is -10.5. The van der Waals surface area contributed by atoms with Crippen molar-refractivity contribution in [3.63, 3.8) is 0 Å². The molecule has 0 saturated carbocycles. The Kier molecular flexibility index (Phi) is 25.9. The molecule has 27 heteroatoms. The molecular weight excluding hydrogens is 900 g/mol. The molecule has 24 nitrogen and oxygen atoms in total. The van der Waals surface area contributed by atoms with Gasteiger partial charge in [0.25, 0.3) is 5.56 Å². The third-order valence-corrected chi connectivity index (χ3v) is 14.2. The monoisotopic (exact) mass is 965 g/mol. The number of rotatable bonds is 20. The molecule has 2 unspecified atom stereocenters. The SMILES string of the molecule is CC(=O)N[C@@H]1[C@@H](OC(C)=O)[C@H](OC(C)=O)[C@@H](COC(C)=O)O[C@@H]1SCP(=O)(O)OP(=O)(O)OC[C@H]1O[C@@H](n2ccc(=O)[nH]c2=O)[C@H](O)[C@@H]1O.CCN(CC)CC.CCN(CC)CC. The van der Waals surface area contributed by atoms with E-state index in [1.54, 1.807) is 0 Å². The van der Waals surface area contributed by atoms with Crippen molar-refractivity contribution in [2.75, 3.05) is 58.0 Å². The molecule has 1 aromatic rings. The number of aliphatic hydroxyl groups is 2. The highest BCUT2D eigenvalue weighted by Gasteiger charge is 2.52. The van der Waals surface area contributed by atoms with Gasteiger partial charge in [-0.25, -0.2) is 13.7 Å². The van der Waals surface area contributed by atoms with Crippen LogP contribution in [0.1, 0.15) is 75.5 Å². The number of carbonyl (C=O) groups is 4. The van der Waals surface area contributed by atoms with Crippen molar-refractivity contribution in [3.05, 3.63) is 33.1 Å². The second kappa shape index (κ2) is 28.1. The number of ether oxygens (including phenoxy) is 5. The van der Waals surface area contributed by atoms with Gasteiger partial charge < -0.3 is 58.8 Å². The number of hydrogen-bond acceptors (Lipinski definition) is 20. The number of carbonyl (C=O) groups excluding carboxylic acids is 4. The molecule has 0 bridgehead atoms. The number of phosphoric ester groups is 1. The maximum Gasteiger partial charge on any atom is 0.479 e. The molecule has 2 fully saturated rings. The van der Waals surface area contributed by atoms with E-state index in [-0.39, 0.29) is 0 Å². The smallest absolute Gasteiger partial charge is 0.463 e. The number of aliphatic hydroxyl groups excluding tert-OH is 2. The number of aromatic nitrogens is 2. The zero-order valence-electron chi connectivity index (χ0n) is 37.3. The standard InChI is InChI=1S/C24H35N3O19P2S.2C6H15N/c1-10(28)25-17-21(43-13(4)31)20(42-12(3)30)15(7-40-11(2)29)45-23(17)49-9-47(36,37)46-48(38,39)41-8-14-18(33)19(34)22(44-14)27-6-5-16(32)26-24(27)35;2*1-4-7(5-2)6-3/h5-6,14-15,17-23,33-34H,7-9H2,1-4H3,(H,25,28)(H,36,37)(H,38,39)(H,26,32,35);2*4-6H2,1-3H3/t14-,15-,17-,18-,19-,20-,21-,22-,23-;;/m1../s1. The lowest BCUT2D eigenvalue weighted by atomic mass is 9.97. The Labute approximate surface area is 370 Å². The molecule has 2 saturated heterocycles. The van der Waals surface area contributed by atoms with Crippen LogP contribution in [0.4, 0.5) is 0 Å². The van der Waals surface area contributed by atoms with Crippen LogP contribution in [-0.2, 0) is 60.8 Å². The number of aromatic amines is 1. The summed E-state index contributed by atoms with van der Waals surface area (Å²) in [4.78, 5) is 98.1. The Morgan fingerprint density at radius 3 is 1.76 bits per heavy atom. The fourth-order valence-corrected chi connectivity index (χ4v) is 10.5. The van der Waals surface area contributed by atoms with E-state index < -0.39 is 124 Å². The van der Waals surface area contributed by atoms with Crippen molar-refractivity contribution >= 4 is 51.0 Å². The number of amides is 1. The van der Waals surface area contributed by atoms with Crippen LogP contribution in [0, 0.1) is 0 Å². The minimum Gasteiger partial charge on any atom is -0.463 e. The van der Waals surface area contributed by atoms with Gasteiger partial charge in [-0.1, -0.05) is 41.5 Å². The molecule has 0 aromatic carbocycles. The molecule has 0 radical (unpaired) electrons. The van der Waals surface area contributed by atoms with Crippen molar-refractivity contribution in [2.24, 2.45) is 0 Å². The lowest BCUT2D eigenvalue weighted by molar-refractivity contribution is -0.211. The van der Waals surface area contributed by atoms with Crippen LogP contribution in [0.5, 0.6) is 0 Å². The number of esters is 3. The molecule has 1 amide bonds. The van der Waals surface area contributed by atoms with Gasteiger partial charge in [0, 0.05) is 40.0 Å². The first-order valence-corrected chi connectivity index (χ1v) is 24.5. The van der Waals surface area contributed by atoms with Gasteiger partial charge in [0.2, 0.25) is 5.91 Å². The average molecular weight is 966 g/mol. The van der Waals surface area contributed by atoms with Crippen LogP contribution in [-0.4, -0.2) is 169 Å². The molecule has 63 heavy (non-hydrogen) atoms. The third-order valence-electron chi connectivity index (χ3n) is 9.25. The largest absolute Gasteiger partial charge is 0.479 e. The molecule has 0 aliphatic carbocycles. The van der Waals surface area contributed by atoms with E-state index in [2.05, 4.69) is 61.0 Å². The minimum atomic E-state index is -5.43. The summed E-state index contributed by atoms with van der Waals surface area (Å²) in [5, 5.41) is 23.1. The van der Waals surface area contributed by atoms with E-state index in [0.29, 0.717) is 11.8 Å². The summed E-state index contributed by atoms with van der Waals surface area (Å²) in [5.41, 5.74) is -4.19. The normalized spacial score (nSPS) is 26.2. The van der Waals surface area contributed by atoms with Gasteiger partial charge in [0.1, 0.15) is 42.5 Å². The number of thioether (sulfide) groups is 1. The van der Waals surface area contributed by atoms with Crippen molar-refractivity contribution < 1.29 is 80.8 Å². The number of nitrogens with one attached hydrogen (secondary N) is 2. The Bertz CT molecular complexity index is 1790. The van der Waals surface area contributed by atoms with Gasteiger partial charge in [-0.15, -0.1) is 11.8 Å². The highest BCUT2D eigenvalue weighted by molar-refractivity contribution is 8.05. The molecule has 6 N–H and O–H groups in total. The van der Waals surface area contributed by atoms with E-state index in [9.17, 15) is 57.9 Å². The van der Waals surface area contributed by atoms with Gasteiger partial charge in [-0.3, -0.25) is 42.6 Å². The maximum absolute atomic E-state index is 12.9. The molecule has 364 valence electrons. The lowest BCUT2D eigenvalue weighted by Crippen LogP contribution is -2.65. The molecule has 0 spiro atoms. The van der Waals surface area contributed by atoms with Crippen LogP contribution < -0.4 is 16.6 Å². The van der Waals surface area contributed by atoms with Crippen molar-refractivity contribution in [1.29, 1.82) is 0 Å². The second-order valence-corrected chi connectivity index (χ2v) is 18.8. The third kappa shape index (κ3) is 20.4. The quantitative estimate of drug-likeness (QED) is 0.0589. The summed E-state index contributed by atoms with van der Waals surface area (Å²) in [6.07, 6.45) is -9.97. The van der Waals surface area contributed by atoms with E-state index in [1.807, 2.05) is 4.98 Å². The first-order valence-electron chi connectivity index (χ1n) is 20.2. The Hall–Kier alpha value is -3.03. The molecule has 2 aliphatic heterocycles. The summed E-state index contributed by atoms with van der Waals surface area (Å²) in [6.45, 7) is 22.9. The van der Waals surface area contributed by atoms with Gasteiger partial charge in [-0.2, -0.15) is 0 Å². The van der Waals surface area contributed by atoms with Crippen LogP contribution in [0.15, 0.2) is 21.9 Å². The minimum absolute atomic E-state index is 0.439. The Balaban J connectivity index is 0.00000121. The van der Waals surface area contributed by atoms with Crippen LogP contribution in [0.25, 0.3) is 0 Å². The first-order chi connectivity index (χ1) is 29.4. The molecule has 11 atom stereocenters. The topological polar surface area (TPSA) is 321 Å². The summed E-state index contributed by atoms with van der Waals surface area (Å²) >= 11 is 0.439. The zero-order chi connectivity index (χ0) is 48.2. The molecule has 2 aliphatic rings. The van der Waals surface area contributed by atoms with Crippen molar-refractivity contribution in [1.82, 2.24) is 24.7 Å². The molecule has 3 heterocycles. The van der Waals surface area contributed by atoms with Gasteiger partial charge in [0.05, 0.1) is 12.1 Å². The van der Waals surface area contributed by atoms with Crippen LogP contribution >= 0.6 is 27.2 Å². The van der Waals surface area contributed by atoms with E-state index >= 15 is 0 Å². The lowest BCUT2D eigenvalue weighted by Gasteiger charge is -2.45. The number of phosphoric acid groups is 1. The molecular formula is C36H65N5O19P2S. The van der Waals surface area contributed by atoms with Crippen molar-refractivity contribution in [3.8, 4) is 0 Å². The van der Waals surface area contributed by atoms with Crippen molar-refractivity contribution in [2.45, 2.75) is 124 Å². The zero-order valence-corrected chi connectivity index (χ0v) is 39.9. The fourth-order valence-electron chi connectivity index (χ4n) is 6.04. The Morgan fingerprint density at radius 1 is 0.794 bits per heavy atom. The van der Waals surface area contributed by atoms with Gasteiger partial charge >= 0.3 is 39.0 Å². The number of nitrogens with zero attached hydrogens (tertiary/aromatic N) is 3. The summed E-state index contributed by atoms with van der Waals surface area (Å²) < 4.78 is 62.2. The molecule has 1 aromatic heterocycles. The van der Waals surface area contributed by atoms with E-state index in [1.165, 1.54) is 39.3 Å². The molecule has 3 rings (SSSR count). The second-order valence-electron chi connectivity index (χ2n) is 13.8. The predicted molar refractivity (Wildman–Crippen MR) is 227 cm³/mol. The van der Waals surface area contributed by atoms with E-state index in [4.69, 9.17) is 28.2 Å². The van der Waals surface area contributed by atoms with Crippen LogP contribution in [0.2, 0.25) is 0 Å². The highest BCUT2D eigenvalue weighted by Crippen LogP contribution is 2.61. The number of H-pyrrole nitrogens is 1. The Morgan fingerprint density at radius 2 is 1.32 bits per heavy atom. The maximum atomic E-state index is 12.9. The highest BCUT2D eigenvalue weighted by atomic mass is 32.2.